The van der Waals surface area contributed by atoms with E-state index in [0.29, 0.717) is 43.9 Å². The molecule has 15 heteroatoms. The predicted octanol–water partition coefficient (Wildman–Crippen LogP) is 4.32. The van der Waals surface area contributed by atoms with Gasteiger partial charge in [-0.3, -0.25) is 19.2 Å². The van der Waals surface area contributed by atoms with Gasteiger partial charge in [-0.25, -0.2) is 9.50 Å². The first-order valence-electron chi connectivity index (χ1n) is 14.2. The number of alkyl halides is 2. The van der Waals surface area contributed by atoms with E-state index in [0.717, 1.165) is 5.56 Å². The number of amides is 2. The SMILES string of the molecule is N#Cc1ccc(CN2CCN(C(=O)Cn3cc(NC(=O)c4cnn5cccnc45)c(-c4cc(Cl)ccc4OC(F)F)n3)CC2)cc1. The Morgan fingerprint density at radius 1 is 1.11 bits per heavy atom. The van der Waals surface area contributed by atoms with Crippen LogP contribution in [0.4, 0.5) is 14.5 Å². The maximum atomic E-state index is 13.4. The molecule has 0 bridgehead atoms. The summed E-state index contributed by atoms with van der Waals surface area (Å²) < 4.78 is 34.1. The van der Waals surface area contributed by atoms with Gasteiger partial charge >= 0.3 is 6.61 Å². The molecule has 12 nitrogen and oxygen atoms in total. The summed E-state index contributed by atoms with van der Waals surface area (Å²) in [5.74, 6) is -0.980. The van der Waals surface area contributed by atoms with Crippen LogP contribution in [0.2, 0.25) is 5.02 Å². The molecule has 0 saturated carbocycles. The third-order valence-electron chi connectivity index (χ3n) is 7.46. The fraction of sp³-hybridized carbons (Fsp3) is 0.226. The van der Waals surface area contributed by atoms with Crippen LogP contribution < -0.4 is 10.1 Å². The molecule has 0 radical (unpaired) electrons. The minimum Gasteiger partial charge on any atom is -0.434 e. The number of rotatable bonds is 9. The van der Waals surface area contributed by atoms with E-state index >= 15 is 0 Å². The Morgan fingerprint density at radius 2 is 1.89 bits per heavy atom. The number of hydrogen-bond acceptors (Lipinski definition) is 8. The molecule has 1 fully saturated rings. The highest BCUT2D eigenvalue weighted by atomic mass is 35.5. The summed E-state index contributed by atoms with van der Waals surface area (Å²) in [6.07, 6.45) is 5.98. The van der Waals surface area contributed by atoms with Crippen molar-refractivity contribution in [1.82, 2.24) is 34.2 Å². The van der Waals surface area contributed by atoms with Crippen molar-refractivity contribution in [2.45, 2.75) is 19.7 Å². The molecule has 6 rings (SSSR count). The van der Waals surface area contributed by atoms with Crippen molar-refractivity contribution in [2.24, 2.45) is 0 Å². The van der Waals surface area contributed by atoms with E-state index in [1.807, 2.05) is 12.1 Å². The van der Waals surface area contributed by atoms with Crippen molar-refractivity contribution in [2.75, 3.05) is 31.5 Å². The topological polar surface area (TPSA) is 134 Å². The number of carbonyl (C=O) groups excluding carboxylic acids is 2. The number of fused-ring (bicyclic) bond motifs is 1. The summed E-state index contributed by atoms with van der Waals surface area (Å²) in [6.45, 7) is -0.289. The van der Waals surface area contributed by atoms with E-state index < -0.39 is 12.5 Å². The van der Waals surface area contributed by atoms with Crippen LogP contribution >= 0.6 is 11.6 Å². The van der Waals surface area contributed by atoms with Gasteiger partial charge < -0.3 is 15.0 Å². The number of anilines is 1. The molecule has 1 N–H and O–H groups in total. The van der Waals surface area contributed by atoms with Crippen molar-refractivity contribution >= 4 is 34.7 Å². The summed E-state index contributed by atoms with van der Waals surface area (Å²) in [5.41, 5.74) is 2.48. The number of nitriles is 1. The second-order valence-electron chi connectivity index (χ2n) is 10.5. The summed E-state index contributed by atoms with van der Waals surface area (Å²) in [5, 5.41) is 20.6. The molecule has 3 aromatic heterocycles. The zero-order chi connectivity index (χ0) is 32.2. The van der Waals surface area contributed by atoms with Gasteiger partial charge in [-0.05, 0) is 42.0 Å². The molecular weight excluding hydrogens is 620 g/mol. The van der Waals surface area contributed by atoms with Gasteiger partial charge in [0.25, 0.3) is 5.91 Å². The van der Waals surface area contributed by atoms with Crippen LogP contribution in [0.1, 0.15) is 21.5 Å². The molecule has 0 unspecified atom stereocenters. The maximum absolute atomic E-state index is 13.4. The lowest BCUT2D eigenvalue weighted by Gasteiger charge is -2.34. The van der Waals surface area contributed by atoms with Gasteiger partial charge in [0.1, 0.15) is 23.6 Å². The van der Waals surface area contributed by atoms with Crippen LogP contribution in [-0.4, -0.2) is 78.8 Å². The van der Waals surface area contributed by atoms with Gasteiger partial charge in [-0.15, -0.1) is 0 Å². The summed E-state index contributed by atoms with van der Waals surface area (Å²) >= 11 is 6.22. The number of nitrogens with one attached hydrogen (secondary N) is 1. The highest BCUT2D eigenvalue weighted by Gasteiger charge is 2.25. The first-order valence-corrected chi connectivity index (χ1v) is 14.6. The quantitative estimate of drug-likeness (QED) is 0.251. The van der Waals surface area contributed by atoms with Crippen LogP contribution in [-0.2, 0) is 17.9 Å². The van der Waals surface area contributed by atoms with Gasteiger partial charge in [-0.2, -0.15) is 24.2 Å². The Hall–Kier alpha value is -5.39. The van der Waals surface area contributed by atoms with Crippen LogP contribution in [0.15, 0.2) is 73.3 Å². The fourth-order valence-corrected chi connectivity index (χ4v) is 5.36. The van der Waals surface area contributed by atoms with E-state index in [4.69, 9.17) is 21.6 Å². The molecule has 2 amide bonds. The van der Waals surface area contributed by atoms with Crippen LogP contribution in [0, 0.1) is 11.3 Å². The third-order valence-corrected chi connectivity index (χ3v) is 7.69. The highest BCUT2D eigenvalue weighted by molar-refractivity contribution is 6.31. The van der Waals surface area contributed by atoms with Gasteiger partial charge in [0, 0.05) is 61.9 Å². The lowest BCUT2D eigenvalue weighted by molar-refractivity contribution is -0.133. The normalized spacial score (nSPS) is 13.6. The van der Waals surface area contributed by atoms with E-state index in [9.17, 15) is 18.4 Å². The predicted molar refractivity (Wildman–Crippen MR) is 163 cm³/mol. The van der Waals surface area contributed by atoms with Crippen molar-refractivity contribution in [3.8, 4) is 23.1 Å². The Bertz CT molecular complexity index is 1930. The molecule has 234 valence electrons. The molecule has 1 aliphatic rings. The Labute approximate surface area is 266 Å². The molecule has 2 aromatic carbocycles. The van der Waals surface area contributed by atoms with Gasteiger partial charge in [0.2, 0.25) is 5.91 Å². The Morgan fingerprint density at radius 3 is 2.63 bits per heavy atom. The maximum Gasteiger partial charge on any atom is 0.387 e. The minimum absolute atomic E-state index is 0.0796. The first kappa shape index (κ1) is 30.6. The van der Waals surface area contributed by atoms with Crippen molar-refractivity contribution in [1.29, 1.82) is 5.26 Å². The molecular formula is C31H26ClF2N9O3. The lowest BCUT2D eigenvalue weighted by Crippen LogP contribution is -2.49. The van der Waals surface area contributed by atoms with Gasteiger partial charge in [-0.1, -0.05) is 23.7 Å². The van der Waals surface area contributed by atoms with E-state index in [1.165, 1.54) is 46.0 Å². The van der Waals surface area contributed by atoms with Crippen LogP contribution in [0.25, 0.3) is 16.9 Å². The monoisotopic (exact) mass is 645 g/mol. The van der Waals surface area contributed by atoms with Crippen molar-refractivity contribution in [3.63, 3.8) is 0 Å². The number of halogens is 3. The lowest BCUT2D eigenvalue weighted by atomic mass is 10.1. The number of aromatic nitrogens is 5. The zero-order valence-corrected chi connectivity index (χ0v) is 24.9. The largest absolute Gasteiger partial charge is 0.434 e. The molecule has 5 aromatic rings. The summed E-state index contributed by atoms with van der Waals surface area (Å²) in [6, 6.07) is 15.3. The van der Waals surface area contributed by atoms with Crippen LogP contribution in [0.5, 0.6) is 5.75 Å². The standard InChI is InChI=1S/C31H26ClF2N9O3/c32-22-6-7-26(46-31(33)34)23(14-22)28-25(38-30(45)24-16-37-43-9-1-8-36-29(24)43)18-42(39-28)19-27(44)41-12-10-40(11-13-41)17-21-4-2-20(15-35)3-5-21/h1-9,14,16,18,31H,10-13,17,19H2,(H,38,45). The van der Waals surface area contributed by atoms with Crippen LogP contribution in [0.3, 0.4) is 0 Å². The second-order valence-corrected chi connectivity index (χ2v) is 10.9. The number of ether oxygens (including phenoxy) is 1. The smallest absolute Gasteiger partial charge is 0.387 e. The van der Waals surface area contributed by atoms with E-state index in [1.54, 1.807) is 29.3 Å². The van der Waals surface area contributed by atoms with E-state index in [2.05, 4.69) is 31.5 Å². The number of hydrogen-bond donors (Lipinski definition) is 1. The summed E-state index contributed by atoms with van der Waals surface area (Å²) in [7, 11) is 0. The molecule has 1 saturated heterocycles. The third kappa shape index (κ3) is 6.80. The molecule has 0 atom stereocenters. The molecule has 0 spiro atoms. The number of carbonyl (C=O) groups is 2. The molecule has 1 aliphatic heterocycles. The number of benzene rings is 2. The number of nitrogens with zero attached hydrogens (tertiary/aromatic N) is 8. The molecule has 0 aliphatic carbocycles. The minimum atomic E-state index is -3.12. The Balaban J connectivity index is 1.21. The average Bonchev–Trinajstić information content (AvgIpc) is 3.66. The second kappa shape index (κ2) is 13.3. The Kier molecular flexibility index (Phi) is 8.86. The fourth-order valence-electron chi connectivity index (χ4n) is 5.19. The first-order chi connectivity index (χ1) is 22.3. The molecule has 4 heterocycles. The van der Waals surface area contributed by atoms with Crippen molar-refractivity contribution < 1.29 is 23.1 Å². The van der Waals surface area contributed by atoms with E-state index in [-0.39, 0.29) is 45.7 Å². The number of piperazine rings is 1. The zero-order valence-electron chi connectivity index (χ0n) is 24.2. The summed E-state index contributed by atoms with van der Waals surface area (Å²) in [4.78, 5) is 34.9. The van der Waals surface area contributed by atoms with Gasteiger partial charge in [0.15, 0.2) is 5.65 Å². The average molecular weight is 646 g/mol. The van der Waals surface area contributed by atoms with Crippen molar-refractivity contribution in [3.05, 3.63) is 95.0 Å². The molecule has 46 heavy (non-hydrogen) atoms. The highest BCUT2D eigenvalue weighted by Crippen LogP contribution is 2.37. The van der Waals surface area contributed by atoms with Gasteiger partial charge in [0.05, 0.1) is 23.5 Å².